The van der Waals surface area contributed by atoms with Crippen LogP contribution in [-0.4, -0.2) is 20.1 Å². The molecule has 0 aromatic rings. The smallest absolute Gasteiger partial charge is 0.303 e. The van der Waals surface area contributed by atoms with Gasteiger partial charge in [0.2, 0.25) is 0 Å². The zero-order valence-electron chi connectivity index (χ0n) is 9.55. The highest BCUT2D eigenvalue weighted by Crippen LogP contribution is 1.97. The quantitative estimate of drug-likeness (QED) is 0.397. The predicted octanol–water partition coefficient (Wildman–Crippen LogP) is 2.38. The van der Waals surface area contributed by atoms with Crippen molar-refractivity contribution in [3.63, 3.8) is 0 Å². The summed E-state index contributed by atoms with van der Waals surface area (Å²) >= 11 is 0. The van der Waals surface area contributed by atoms with Gasteiger partial charge in [-0.05, 0) is 19.1 Å². The Morgan fingerprint density at radius 3 is 2.43 bits per heavy atom. The van der Waals surface area contributed by atoms with Crippen molar-refractivity contribution >= 4 is 14.0 Å². The van der Waals surface area contributed by atoms with Gasteiger partial charge in [0.1, 0.15) is 14.2 Å². The summed E-state index contributed by atoms with van der Waals surface area (Å²) in [5, 5.41) is 0. The first kappa shape index (κ1) is 13.0. The van der Waals surface area contributed by atoms with E-state index in [2.05, 4.69) is 31.1 Å². The molecule has 3 heteroatoms. The molecule has 0 aliphatic rings. The largest absolute Gasteiger partial charge is 0.459 e. The van der Waals surface area contributed by atoms with E-state index in [1.807, 2.05) is 6.92 Å². The standard InChI is InChI=1S/C11H18O2Si/c1-10(13-11(2)12)8-6-7-9-14(3,4)5/h6,8,10H,1-5H3/b8-6+. The van der Waals surface area contributed by atoms with Gasteiger partial charge in [0, 0.05) is 6.92 Å². The summed E-state index contributed by atoms with van der Waals surface area (Å²) in [5.74, 6) is 2.71. The number of hydrogen-bond donors (Lipinski definition) is 0. The molecule has 0 aromatic heterocycles. The molecule has 0 fully saturated rings. The summed E-state index contributed by atoms with van der Waals surface area (Å²) in [7, 11) is -1.28. The number of rotatable bonds is 2. The van der Waals surface area contributed by atoms with Gasteiger partial charge in [-0.25, -0.2) is 0 Å². The van der Waals surface area contributed by atoms with Crippen molar-refractivity contribution in [1.82, 2.24) is 0 Å². The second-order valence-corrected chi connectivity index (χ2v) is 8.94. The van der Waals surface area contributed by atoms with Gasteiger partial charge in [-0.15, -0.1) is 5.54 Å². The van der Waals surface area contributed by atoms with Crippen LogP contribution in [0, 0.1) is 11.5 Å². The van der Waals surface area contributed by atoms with Crippen molar-refractivity contribution in [3.05, 3.63) is 12.2 Å². The van der Waals surface area contributed by atoms with Crippen LogP contribution in [0.25, 0.3) is 0 Å². The van der Waals surface area contributed by atoms with Gasteiger partial charge in [-0.1, -0.05) is 25.6 Å². The second-order valence-electron chi connectivity index (χ2n) is 4.19. The van der Waals surface area contributed by atoms with Gasteiger partial charge < -0.3 is 4.74 Å². The molecule has 0 aliphatic heterocycles. The first-order valence-electron chi connectivity index (χ1n) is 4.68. The molecule has 78 valence electrons. The molecule has 0 saturated heterocycles. The molecular weight excluding hydrogens is 192 g/mol. The van der Waals surface area contributed by atoms with Crippen molar-refractivity contribution in [2.45, 2.75) is 39.6 Å². The van der Waals surface area contributed by atoms with Crippen molar-refractivity contribution in [2.75, 3.05) is 0 Å². The lowest BCUT2D eigenvalue weighted by Gasteiger charge is -2.05. The number of allylic oxidation sites excluding steroid dienone is 1. The van der Waals surface area contributed by atoms with E-state index in [4.69, 9.17) is 4.74 Å². The molecule has 1 unspecified atom stereocenters. The van der Waals surface area contributed by atoms with E-state index >= 15 is 0 Å². The minimum atomic E-state index is -1.28. The molecule has 0 spiro atoms. The Morgan fingerprint density at radius 2 is 2.00 bits per heavy atom. The molecule has 0 heterocycles. The van der Waals surface area contributed by atoms with Gasteiger partial charge >= 0.3 is 5.97 Å². The molecule has 0 aromatic carbocycles. The lowest BCUT2D eigenvalue weighted by atomic mass is 10.3. The maximum absolute atomic E-state index is 10.6. The van der Waals surface area contributed by atoms with Gasteiger partial charge in [-0.3, -0.25) is 4.79 Å². The summed E-state index contributed by atoms with van der Waals surface area (Å²) in [4.78, 5) is 10.6. The van der Waals surface area contributed by atoms with Gasteiger partial charge in [0.25, 0.3) is 0 Å². The summed E-state index contributed by atoms with van der Waals surface area (Å²) in [6, 6.07) is 0. The summed E-state index contributed by atoms with van der Waals surface area (Å²) in [6.45, 7) is 9.77. The SMILES string of the molecule is CC(=O)OC(C)/C=C/C#C[Si](C)(C)C. The number of hydrogen-bond acceptors (Lipinski definition) is 2. The molecular formula is C11H18O2Si. The maximum atomic E-state index is 10.6. The molecule has 0 bridgehead atoms. The Morgan fingerprint density at radius 1 is 1.43 bits per heavy atom. The molecule has 0 amide bonds. The van der Waals surface area contributed by atoms with Crippen molar-refractivity contribution in [1.29, 1.82) is 0 Å². The predicted molar refractivity (Wildman–Crippen MR) is 61.5 cm³/mol. The Labute approximate surface area is 87.4 Å². The average Bonchev–Trinajstić information content (AvgIpc) is 1.95. The van der Waals surface area contributed by atoms with Crippen LogP contribution in [0.15, 0.2) is 12.2 Å². The van der Waals surface area contributed by atoms with Gasteiger partial charge in [0.05, 0.1) is 0 Å². The van der Waals surface area contributed by atoms with Crippen molar-refractivity contribution in [2.24, 2.45) is 0 Å². The van der Waals surface area contributed by atoms with Crippen molar-refractivity contribution < 1.29 is 9.53 Å². The lowest BCUT2D eigenvalue weighted by Crippen LogP contribution is -2.16. The first-order chi connectivity index (χ1) is 6.31. The van der Waals surface area contributed by atoms with Crippen LogP contribution in [0.5, 0.6) is 0 Å². The van der Waals surface area contributed by atoms with Gasteiger partial charge in [-0.2, -0.15) is 0 Å². The van der Waals surface area contributed by atoms with E-state index < -0.39 is 8.07 Å². The third-order valence-corrected chi connectivity index (χ3v) is 2.14. The highest BCUT2D eigenvalue weighted by molar-refractivity contribution is 6.83. The zero-order valence-corrected chi connectivity index (χ0v) is 10.5. The first-order valence-corrected chi connectivity index (χ1v) is 8.18. The second kappa shape index (κ2) is 5.66. The Kier molecular flexibility index (Phi) is 5.25. The highest BCUT2D eigenvalue weighted by Gasteiger charge is 2.06. The molecule has 2 nitrogen and oxygen atoms in total. The van der Waals surface area contributed by atoms with Crippen LogP contribution in [0.1, 0.15) is 13.8 Å². The molecule has 14 heavy (non-hydrogen) atoms. The van der Waals surface area contributed by atoms with Crippen LogP contribution in [0.4, 0.5) is 0 Å². The maximum Gasteiger partial charge on any atom is 0.303 e. The number of carbonyl (C=O) groups is 1. The monoisotopic (exact) mass is 210 g/mol. The number of carbonyl (C=O) groups excluding carboxylic acids is 1. The van der Waals surface area contributed by atoms with E-state index in [0.29, 0.717) is 0 Å². The third-order valence-electron chi connectivity index (χ3n) is 1.25. The van der Waals surface area contributed by atoms with Crippen LogP contribution in [-0.2, 0) is 9.53 Å². The van der Waals surface area contributed by atoms with Crippen LogP contribution in [0.3, 0.4) is 0 Å². The van der Waals surface area contributed by atoms with Gasteiger partial charge in [0.15, 0.2) is 0 Å². The van der Waals surface area contributed by atoms with Crippen molar-refractivity contribution in [3.8, 4) is 11.5 Å². The summed E-state index contributed by atoms with van der Waals surface area (Å²) in [5.41, 5.74) is 3.19. The molecule has 0 radical (unpaired) electrons. The number of esters is 1. The lowest BCUT2D eigenvalue weighted by molar-refractivity contribution is -0.143. The fourth-order valence-electron chi connectivity index (χ4n) is 0.743. The average molecular weight is 210 g/mol. The molecule has 0 saturated carbocycles. The molecule has 0 aliphatic carbocycles. The highest BCUT2D eigenvalue weighted by atomic mass is 28.3. The Hall–Kier alpha value is -1.01. The molecule has 0 N–H and O–H groups in total. The van der Waals surface area contributed by atoms with E-state index in [1.54, 1.807) is 12.2 Å². The number of ether oxygens (including phenoxy) is 1. The van der Waals surface area contributed by atoms with Crippen LogP contribution >= 0.6 is 0 Å². The van der Waals surface area contributed by atoms with Crippen LogP contribution < -0.4 is 0 Å². The van der Waals surface area contributed by atoms with E-state index in [1.165, 1.54) is 6.92 Å². The normalized spacial score (nSPS) is 13.2. The minimum Gasteiger partial charge on any atom is -0.459 e. The fourth-order valence-corrected chi connectivity index (χ4v) is 1.26. The molecule has 0 rings (SSSR count). The third kappa shape index (κ3) is 9.08. The summed E-state index contributed by atoms with van der Waals surface area (Å²) in [6.07, 6.45) is 3.35. The van der Waals surface area contributed by atoms with E-state index in [-0.39, 0.29) is 12.1 Å². The fraction of sp³-hybridized carbons (Fsp3) is 0.545. The Balaban J connectivity index is 4.04. The zero-order chi connectivity index (χ0) is 11.2. The minimum absolute atomic E-state index is 0.191. The summed E-state index contributed by atoms with van der Waals surface area (Å²) < 4.78 is 4.90. The molecule has 1 atom stereocenters. The van der Waals surface area contributed by atoms with Crippen LogP contribution in [0.2, 0.25) is 19.6 Å². The Bertz CT molecular complexity index is 276. The van der Waals surface area contributed by atoms with E-state index in [9.17, 15) is 4.79 Å². The van der Waals surface area contributed by atoms with E-state index in [0.717, 1.165) is 0 Å². The topological polar surface area (TPSA) is 26.3 Å².